The normalized spacial score (nSPS) is 25.0. The third kappa shape index (κ3) is 2.07. The van der Waals surface area contributed by atoms with E-state index < -0.39 is 0 Å². The summed E-state index contributed by atoms with van der Waals surface area (Å²) in [4.78, 5) is 7.97. The first-order valence-electron chi connectivity index (χ1n) is 5.64. The highest BCUT2D eigenvalue weighted by Crippen LogP contribution is 2.29. The van der Waals surface area contributed by atoms with Gasteiger partial charge in [-0.2, -0.15) is 0 Å². The van der Waals surface area contributed by atoms with E-state index in [0.717, 1.165) is 23.9 Å². The maximum atomic E-state index is 5.67. The van der Waals surface area contributed by atoms with Crippen molar-refractivity contribution >= 4 is 16.5 Å². The molecule has 2 N–H and O–H groups in total. The molecule has 2 heterocycles. The van der Waals surface area contributed by atoms with Crippen LogP contribution in [0.4, 0.5) is 5.13 Å². The van der Waals surface area contributed by atoms with Gasteiger partial charge in [0.15, 0.2) is 5.13 Å². The molecule has 0 aromatic carbocycles. The van der Waals surface area contributed by atoms with Crippen molar-refractivity contribution in [1.82, 2.24) is 4.98 Å². The van der Waals surface area contributed by atoms with Gasteiger partial charge in [-0.1, -0.05) is 0 Å². The Morgan fingerprint density at radius 2 is 2.38 bits per heavy atom. The number of nitrogens with two attached hydrogens (primary N) is 1. The SMILES string of the molecule is Cc1nc(N(C)C2CCOC2C)sc1CN. The molecular weight excluding hydrogens is 222 g/mol. The fourth-order valence-corrected chi connectivity index (χ4v) is 3.08. The van der Waals surface area contributed by atoms with Crippen molar-refractivity contribution in [3.05, 3.63) is 10.6 Å². The molecular formula is C11H19N3OS. The van der Waals surface area contributed by atoms with Gasteiger partial charge < -0.3 is 15.4 Å². The van der Waals surface area contributed by atoms with E-state index >= 15 is 0 Å². The lowest BCUT2D eigenvalue weighted by Gasteiger charge is -2.26. The van der Waals surface area contributed by atoms with Crippen LogP contribution >= 0.6 is 11.3 Å². The fourth-order valence-electron chi connectivity index (χ4n) is 2.12. The number of nitrogens with zero attached hydrogens (tertiary/aromatic N) is 2. The average molecular weight is 241 g/mol. The summed E-state index contributed by atoms with van der Waals surface area (Å²) in [6, 6.07) is 0.441. The molecule has 1 aromatic heterocycles. The maximum Gasteiger partial charge on any atom is 0.185 e. The van der Waals surface area contributed by atoms with Crippen LogP contribution in [0.5, 0.6) is 0 Å². The summed E-state index contributed by atoms with van der Waals surface area (Å²) in [5.41, 5.74) is 6.73. The minimum absolute atomic E-state index is 0.288. The van der Waals surface area contributed by atoms with E-state index in [1.165, 1.54) is 4.88 Å². The second kappa shape index (κ2) is 4.69. The Morgan fingerprint density at radius 3 is 2.88 bits per heavy atom. The molecule has 1 aliphatic heterocycles. The molecule has 1 aromatic rings. The second-order valence-electron chi connectivity index (χ2n) is 4.25. The number of hydrogen-bond donors (Lipinski definition) is 1. The van der Waals surface area contributed by atoms with Crippen molar-refractivity contribution in [3.8, 4) is 0 Å². The Morgan fingerprint density at radius 1 is 1.62 bits per heavy atom. The smallest absolute Gasteiger partial charge is 0.185 e. The molecule has 0 saturated carbocycles. The van der Waals surface area contributed by atoms with Crippen molar-refractivity contribution in [2.24, 2.45) is 5.73 Å². The van der Waals surface area contributed by atoms with Crippen molar-refractivity contribution in [2.75, 3.05) is 18.6 Å². The Hall–Kier alpha value is -0.650. The third-order valence-electron chi connectivity index (χ3n) is 3.20. The number of thiazole rings is 1. The number of hydrogen-bond acceptors (Lipinski definition) is 5. The molecule has 0 bridgehead atoms. The average Bonchev–Trinajstić information content (AvgIpc) is 2.83. The van der Waals surface area contributed by atoms with E-state index in [1.54, 1.807) is 11.3 Å². The van der Waals surface area contributed by atoms with Crippen LogP contribution in [-0.2, 0) is 11.3 Å². The molecule has 90 valence electrons. The van der Waals surface area contributed by atoms with Gasteiger partial charge in [-0.25, -0.2) is 4.98 Å². The van der Waals surface area contributed by atoms with Crippen molar-refractivity contribution in [1.29, 1.82) is 0 Å². The van der Waals surface area contributed by atoms with Crippen molar-refractivity contribution in [3.63, 3.8) is 0 Å². The number of aryl methyl sites for hydroxylation is 1. The summed E-state index contributed by atoms with van der Waals surface area (Å²) in [6.45, 7) is 5.57. The van der Waals surface area contributed by atoms with Crippen LogP contribution in [0.2, 0.25) is 0 Å². The van der Waals surface area contributed by atoms with Gasteiger partial charge in [0, 0.05) is 25.1 Å². The predicted octanol–water partition coefficient (Wildman–Crippen LogP) is 1.52. The number of rotatable bonds is 3. The van der Waals surface area contributed by atoms with E-state index in [4.69, 9.17) is 10.5 Å². The molecule has 0 radical (unpaired) electrons. The van der Waals surface area contributed by atoms with Gasteiger partial charge in [-0.15, -0.1) is 11.3 Å². The zero-order valence-electron chi connectivity index (χ0n) is 10.1. The van der Waals surface area contributed by atoms with Gasteiger partial charge in [0.1, 0.15) is 0 Å². The van der Waals surface area contributed by atoms with Gasteiger partial charge >= 0.3 is 0 Å². The van der Waals surface area contributed by atoms with Crippen molar-refractivity contribution < 1.29 is 4.74 Å². The van der Waals surface area contributed by atoms with Crippen molar-refractivity contribution in [2.45, 2.75) is 39.0 Å². The lowest BCUT2D eigenvalue weighted by atomic mass is 10.1. The lowest BCUT2D eigenvalue weighted by Crippen LogP contribution is -2.36. The minimum atomic E-state index is 0.288. The van der Waals surface area contributed by atoms with Crippen LogP contribution in [0.3, 0.4) is 0 Å². The van der Waals surface area contributed by atoms with Crippen LogP contribution in [0.15, 0.2) is 0 Å². The Kier molecular flexibility index (Phi) is 3.47. The Balaban J connectivity index is 2.16. The first-order chi connectivity index (χ1) is 7.63. The summed E-state index contributed by atoms with van der Waals surface area (Å²) >= 11 is 1.69. The number of aromatic nitrogens is 1. The molecule has 16 heavy (non-hydrogen) atoms. The third-order valence-corrected chi connectivity index (χ3v) is 4.47. The zero-order valence-corrected chi connectivity index (χ0v) is 10.9. The molecule has 2 unspecified atom stereocenters. The highest BCUT2D eigenvalue weighted by atomic mass is 32.1. The monoisotopic (exact) mass is 241 g/mol. The molecule has 2 rings (SSSR count). The zero-order chi connectivity index (χ0) is 11.7. The summed E-state index contributed by atoms with van der Waals surface area (Å²) in [5.74, 6) is 0. The van der Waals surface area contributed by atoms with Crippen LogP contribution in [0.1, 0.15) is 23.9 Å². The molecule has 0 amide bonds. The van der Waals surface area contributed by atoms with E-state index in [1.807, 2.05) is 6.92 Å². The van der Waals surface area contributed by atoms with E-state index in [-0.39, 0.29) is 6.10 Å². The number of likely N-dealkylation sites (N-methyl/N-ethyl adjacent to an activating group) is 1. The first-order valence-corrected chi connectivity index (χ1v) is 6.46. The molecule has 4 nitrogen and oxygen atoms in total. The topological polar surface area (TPSA) is 51.4 Å². The summed E-state index contributed by atoms with van der Waals surface area (Å²) < 4.78 is 5.58. The van der Waals surface area contributed by atoms with Crippen LogP contribution in [0, 0.1) is 6.92 Å². The second-order valence-corrected chi connectivity index (χ2v) is 5.31. The molecule has 0 aliphatic carbocycles. The van der Waals surface area contributed by atoms with Gasteiger partial charge in [-0.05, 0) is 20.3 Å². The minimum Gasteiger partial charge on any atom is -0.376 e. The molecule has 2 atom stereocenters. The number of ether oxygens (including phenoxy) is 1. The van der Waals surface area contributed by atoms with Gasteiger partial charge in [0.2, 0.25) is 0 Å². The molecule has 1 aliphatic rings. The Bertz CT molecular complexity index is 366. The largest absolute Gasteiger partial charge is 0.376 e. The highest BCUT2D eigenvalue weighted by Gasteiger charge is 2.29. The standard InChI is InChI=1S/C11H19N3OS/c1-7-10(6-12)16-11(13-7)14(3)9-4-5-15-8(9)2/h8-9H,4-6,12H2,1-3H3. The fraction of sp³-hybridized carbons (Fsp3) is 0.727. The van der Waals surface area contributed by atoms with Crippen LogP contribution in [0.25, 0.3) is 0 Å². The summed E-state index contributed by atoms with van der Waals surface area (Å²) in [7, 11) is 2.09. The number of anilines is 1. The van der Waals surface area contributed by atoms with Gasteiger partial charge in [0.05, 0.1) is 17.8 Å². The summed E-state index contributed by atoms with van der Waals surface area (Å²) in [5, 5.41) is 1.06. The first kappa shape index (κ1) is 11.8. The lowest BCUT2D eigenvalue weighted by molar-refractivity contribution is 0.118. The van der Waals surface area contributed by atoms with E-state index in [0.29, 0.717) is 12.6 Å². The van der Waals surface area contributed by atoms with Gasteiger partial charge in [-0.3, -0.25) is 0 Å². The molecule has 1 fully saturated rings. The quantitative estimate of drug-likeness (QED) is 0.872. The van der Waals surface area contributed by atoms with Crippen LogP contribution in [-0.4, -0.2) is 30.8 Å². The van der Waals surface area contributed by atoms with E-state index in [2.05, 4.69) is 23.9 Å². The maximum absolute atomic E-state index is 5.67. The van der Waals surface area contributed by atoms with Gasteiger partial charge in [0.25, 0.3) is 0 Å². The summed E-state index contributed by atoms with van der Waals surface area (Å²) in [6.07, 6.45) is 1.37. The molecule has 5 heteroatoms. The Labute approximate surface area is 100 Å². The predicted molar refractivity (Wildman–Crippen MR) is 67.0 cm³/mol. The molecule has 0 spiro atoms. The van der Waals surface area contributed by atoms with E-state index in [9.17, 15) is 0 Å². The highest BCUT2D eigenvalue weighted by molar-refractivity contribution is 7.15. The molecule has 1 saturated heterocycles. The van der Waals surface area contributed by atoms with Crippen LogP contribution < -0.4 is 10.6 Å².